The molecule has 0 fully saturated rings. The van der Waals surface area contributed by atoms with Crippen molar-refractivity contribution >= 4 is 23.3 Å². The second-order valence-corrected chi connectivity index (χ2v) is 6.44. The standard InChI is InChI=1S/C21H23NO4/c1-12-10-13(2)19(14(3)11-12)21(25)26-16(5)20(24)22-18-8-6-17(7-9-18)15(4)23/h6-11,16H,1-5H3,(H,22,24). The fourth-order valence-electron chi connectivity index (χ4n) is 2.81. The summed E-state index contributed by atoms with van der Waals surface area (Å²) in [5, 5.41) is 2.68. The number of ether oxygens (including phenoxy) is 1. The van der Waals surface area contributed by atoms with Crippen LogP contribution in [0.2, 0.25) is 0 Å². The second-order valence-electron chi connectivity index (χ2n) is 6.44. The van der Waals surface area contributed by atoms with Gasteiger partial charge in [-0.2, -0.15) is 0 Å². The number of hydrogen-bond acceptors (Lipinski definition) is 4. The van der Waals surface area contributed by atoms with Crippen molar-refractivity contribution < 1.29 is 19.1 Å². The van der Waals surface area contributed by atoms with Gasteiger partial charge in [-0.1, -0.05) is 17.7 Å². The maximum absolute atomic E-state index is 12.4. The van der Waals surface area contributed by atoms with Gasteiger partial charge in [0.25, 0.3) is 5.91 Å². The van der Waals surface area contributed by atoms with Gasteiger partial charge in [0.1, 0.15) is 0 Å². The van der Waals surface area contributed by atoms with Crippen molar-refractivity contribution in [3.05, 3.63) is 64.2 Å². The van der Waals surface area contributed by atoms with Gasteiger partial charge in [-0.3, -0.25) is 9.59 Å². The molecule has 0 aliphatic carbocycles. The molecule has 0 saturated heterocycles. The number of esters is 1. The number of benzene rings is 2. The third kappa shape index (κ3) is 4.57. The maximum Gasteiger partial charge on any atom is 0.339 e. The maximum atomic E-state index is 12.4. The van der Waals surface area contributed by atoms with Crippen molar-refractivity contribution in [2.24, 2.45) is 0 Å². The molecule has 0 aliphatic rings. The van der Waals surface area contributed by atoms with Gasteiger partial charge in [-0.15, -0.1) is 0 Å². The monoisotopic (exact) mass is 353 g/mol. The van der Waals surface area contributed by atoms with Crippen LogP contribution in [0.25, 0.3) is 0 Å². The molecule has 2 aromatic rings. The van der Waals surface area contributed by atoms with E-state index < -0.39 is 18.0 Å². The number of hydrogen-bond donors (Lipinski definition) is 1. The highest BCUT2D eigenvalue weighted by Crippen LogP contribution is 2.18. The summed E-state index contributed by atoms with van der Waals surface area (Å²) in [4.78, 5) is 36.0. The van der Waals surface area contributed by atoms with Crippen LogP contribution in [0.1, 0.15) is 51.3 Å². The molecule has 2 aromatic carbocycles. The van der Waals surface area contributed by atoms with Gasteiger partial charge in [0.15, 0.2) is 11.9 Å². The van der Waals surface area contributed by atoms with Gasteiger partial charge in [-0.05, 0) is 70.0 Å². The highest BCUT2D eigenvalue weighted by molar-refractivity contribution is 5.99. The largest absolute Gasteiger partial charge is 0.449 e. The Hall–Kier alpha value is -2.95. The van der Waals surface area contributed by atoms with E-state index in [2.05, 4.69) is 5.32 Å². The zero-order valence-corrected chi connectivity index (χ0v) is 15.7. The van der Waals surface area contributed by atoms with Crippen molar-refractivity contribution in [3.63, 3.8) is 0 Å². The summed E-state index contributed by atoms with van der Waals surface area (Å²) >= 11 is 0. The van der Waals surface area contributed by atoms with E-state index in [1.807, 2.05) is 32.9 Å². The molecule has 0 bridgehead atoms. The van der Waals surface area contributed by atoms with E-state index in [1.54, 1.807) is 24.3 Å². The lowest BCUT2D eigenvalue weighted by Crippen LogP contribution is -2.30. The van der Waals surface area contributed by atoms with Crippen molar-refractivity contribution in [2.75, 3.05) is 5.32 Å². The SMILES string of the molecule is CC(=O)c1ccc(NC(=O)C(C)OC(=O)c2c(C)cc(C)cc2C)cc1. The Morgan fingerprint density at radius 2 is 1.50 bits per heavy atom. The molecule has 0 saturated carbocycles. The highest BCUT2D eigenvalue weighted by atomic mass is 16.5. The number of amides is 1. The molecule has 0 spiro atoms. The Balaban J connectivity index is 2.05. The molecule has 0 heterocycles. The summed E-state index contributed by atoms with van der Waals surface area (Å²) < 4.78 is 5.33. The van der Waals surface area contributed by atoms with E-state index >= 15 is 0 Å². The van der Waals surface area contributed by atoms with E-state index in [4.69, 9.17) is 4.74 Å². The molecule has 0 aromatic heterocycles. The zero-order chi connectivity index (χ0) is 19.4. The van der Waals surface area contributed by atoms with Crippen LogP contribution in [0.15, 0.2) is 36.4 Å². The quantitative estimate of drug-likeness (QED) is 0.651. The van der Waals surface area contributed by atoms with Crippen LogP contribution >= 0.6 is 0 Å². The van der Waals surface area contributed by atoms with E-state index in [-0.39, 0.29) is 5.78 Å². The summed E-state index contributed by atoms with van der Waals surface area (Å²) in [5.74, 6) is -1.00. The summed E-state index contributed by atoms with van der Waals surface area (Å²) in [5.41, 5.74) is 4.29. The molecule has 1 unspecified atom stereocenters. The number of carbonyl (C=O) groups excluding carboxylic acids is 3. The van der Waals surface area contributed by atoms with E-state index in [1.165, 1.54) is 13.8 Å². The first-order chi connectivity index (χ1) is 12.2. The summed E-state index contributed by atoms with van der Waals surface area (Å²) in [6, 6.07) is 10.4. The minimum absolute atomic E-state index is 0.0472. The molecule has 0 radical (unpaired) electrons. The molecule has 5 heteroatoms. The molecule has 1 amide bonds. The lowest BCUT2D eigenvalue weighted by atomic mass is 10.00. The second kappa shape index (κ2) is 7.95. The van der Waals surface area contributed by atoms with Gasteiger partial charge < -0.3 is 10.1 Å². The molecular weight excluding hydrogens is 330 g/mol. The van der Waals surface area contributed by atoms with Crippen molar-refractivity contribution in [2.45, 2.75) is 40.7 Å². The first-order valence-electron chi connectivity index (χ1n) is 8.39. The number of aryl methyl sites for hydroxylation is 3. The van der Waals surface area contributed by atoms with Crippen LogP contribution < -0.4 is 5.32 Å². The average molecular weight is 353 g/mol. The summed E-state index contributed by atoms with van der Waals surface area (Å²) in [6.07, 6.45) is -0.949. The topological polar surface area (TPSA) is 72.5 Å². The minimum atomic E-state index is -0.949. The van der Waals surface area contributed by atoms with Gasteiger partial charge in [0.05, 0.1) is 5.56 Å². The fraction of sp³-hybridized carbons (Fsp3) is 0.286. The third-order valence-corrected chi connectivity index (χ3v) is 4.09. The van der Waals surface area contributed by atoms with Crippen LogP contribution in [-0.4, -0.2) is 23.8 Å². The Morgan fingerprint density at radius 3 is 2.00 bits per heavy atom. The minimum Gasteiger partial charge on any atom is -0.449 e. The molecule has 5 nitrogen and oxygen atoms in total. The molecule has 0 aliphatic heterocycles. The average Bonchev–Trinajstić information content (AvgIpc) is 2.54. The number of rotatable bonds is 5. The van der Waals surface area contributed by atoms with Crippen LogP contribution in [0.4, 0.5) is 5.69 Å². The lowest BCUT2D eigenvalue weighted by molar-refractivity contribution is -0.123. The van der Waals surface area contributed by atoms with E-state index in [0.717, 1.165) is 16.7 Å². The first-order valence-corrected chi connectivity index (χ1v) is 8.39. The molecular formula is C21H23NO4. The molecule has 1 N–H and O–H groups in total. The smallest absolute Gasteiger partial charge is 0.339 e. The predicted molar refractivity (Wildman–Crippen MR) is 101 cm³/mol. The van der Waals surface area contributed by atoms with E-state index in [9.17, 15) is 14.4 Å². The summed E-state index contributed by atoms with van der Waals surface area (Å²) in [7, 11) is 0. The number of ketones is 1. The van der Waals surface area contributed by atoms with Crippen LogP contribution in [0.3, 0.4) is 0 Å². The highest BCUT2D eigenvalue weighted by Gasteiger charge is 2.21. The third-order valence-electron chi connectivity index (χ3n) is 4.09. The lowest BCUT2D eigenvalue weighted by Gasteiger charge is -2.16. The Kier molecular flexibility index (Phi) is 5.93. The van der Waals surface area contributed by atoms with Gasteiger partial charge >= 0.3 is 5.97 Å². The summed E-state index contributed by atoms with van der Waals surface area (Å²) in [6.45, 7) is 8.65. The molecule has 1 atom stereocenters. The first kappa shape index (κ1) is 19.4. The fourth-order valence-corrected chi connectivity index (χ4v) is 2.81. The van der Waals surface area contributed by atoms with Gasteiger partial charge in [0, 0.05) is 11.3 Å². The Labute approximate surface area is 153 Å². The van der Waals surface area contributed by atoms with Crippen molar-refractivity contribution in [1.29, 1.82) is 0 Å². The zero-order valence-electron chi connectivity index (χ0n) is 15.7. The van der Waals surface area contributed by atoms with Crippen LogP contribution in [-0.2, 0) is 9.53 Å². The number of anilines is 1. The number of Topliss-reactive ketones (excluding diaryl/α,β-unsaturated/α-hetero) is 1. The number of carbonyl (C=O) groups is 3. The molecule has 2 rings (SSSR count). The molecule has 26 heavy (non-hydrogen) atoms. The van der Waals surface area contributed by atoms with Gasteiger partial charge in [0.2, 0.25) is 0 Å². The van der Waals surface area contributed by atoms with Gasteiger partial charge in [-0.25, -0.2) is 4.79 Å². The Morgan fingerprint density at radius 1 is 0.962 bits per heavy atom. The van der Waals surface area contributed by atoms with Crippen LogP contribution in [0.5, 0.6) is 0 Å². The molecule has 136 valence electrons. The van der Waals surface area contributed by atoms with E-state index in [0.29, 0.717) is 16.8 Å². The van der Waals surface area contributed by atoms with Crippen molar-refractivity contribution in [1.82, 2.24) is 0 Å². The predicted octanol–water partition coefficient (Wildman–Crippen LogP) is 4.00. The number of nitrogens with one attached hydrogen (secondary N) is 1. The normalized spacial score (nSPS) is 11.6. The van der Waals surface area contributed by atoms with Crippen molar-refractivity contribution in [3.8, 4) is 0 Å². The van der Waals surface area contributed by atoms with Crippen LogP contribution in [0, 0.1) is 20.8 Å². The Bertz CT molecular complexity index is 830.